The van der Waals surface area contributed by atoms with Crippen molar-refractivity contribution in [2.75, 3.05) is 0 Å². The van der Waals surface area contributed by atoms with Crippen LogP contribution in [0.1, 0.15) is 10.4 Å². The summed E-state index contributed by atoms with van der Waals surface area (Å²) in [6.07, 6.45) is -4.95. The zero-order valence-corrected chi connectivity index (χ0v) is 8.66. The number of amides is 1. The molecule has 9 heteroatoms. The topological polar surface area (TPSA) is 90.7 Å². The Morgan fingerprint density at radius 3 is 2.39 bits per heavy atom. The number of alkyl halides is 3. The molecule has 0 radical (unpaired) electrons. The summed E-state index contributed by atoms with van der Waals surface area (Å²) in [4.78, 5) is 14.3. The zero-order valence-electron chi connectivity index (χ0n) is 8.66. The molecule has 0 unspecified atom stereocenters. The summed E-state index contributed by atoms with van der Waals surface area (Å²) in [6.45, 7) is 0. The first-order chi connectivity index (χ1) is 8.19. The fourth-order valence-corrected chi connectivity index (χ4v) is 1.04. The maximum absolute atomic E-state index is 13.2. The molecular weight excluding hydrogens is 258 g/mol. The van der Waals surface area contributed by atoms with Gasteiger partial charge >= 0.3 is 6.36 Å². The predicted octanol–water partition coefficient (Wildman–Crippen LogP) is 1.14. The molecule has 0 aromatic heterocycles. The Labute approximate surface area is 98.0 Å². The summed E-state index contributed by atoms with van der Waals surface area (Å²) in [5.74, 6) is -3.67. The maximum Gasteiger partial charge on any atom is 0.573 e. The fourth-order valence-electron chi connectivity index (χ4n) is 1.04. The van der Waals surface area contributed by atoms with E-state index in [-0.39, 0.29) is 0 Å². The maximum atomic E-state index is 13.2. The molecule has 0 spiro atoms. The molecule has 0 heterocycles. The van der Waals surface area contributed by atoms with Gasteiger partial charge in [0.2, 0.25) is 0 Å². The van der Waals surface area contributed by atoms with Gasteiger partial charge in [-0.05, 0) is 18.2 Å². The van der Waals surface area contributed by atoms with Gasteiger partial charge in [-0.15, -0.1) is 13.2 Å². The van der Waals surface area contributed by atoms with E-state index in [0.717, 1.165) is 6.07 Å². The van der Waals surface area contributed by atoms with Crippen LogP contribution in [0.4, 0.5) is 17.6 Å². The van der Waals surface area contributed by atoms with E-state index in [1.807, 2.05) is 0 Å². The second kappa shape index (κ2) is 4.90. The molecule has 98 valence electrons. The number of carbonyl (C=O) groups is 1. The highest BCUT2D eigenvalue weighted by atomic mass is 19.4. The lowest BCUT2D eigenvalue weighted by Crippen LogP contribution is -2.24. The number of halogens is 4. The van der Waals surface area contributed by atoms with Crippen molar-refractivity contribution in [1.29, 1.82) is 0 Å². The Morgan fingerprint density at radius 1 is 1.28 bits per heavy atom. The number of rotatable bonds is 2. The van der Waals surface area contributed by atoms with Crippen LogP contribution in [0, 0.1) is 5.82 Å². The lowest BCUT2D eigenvalue weighted by atomic mass is 10.2. The summed E-state index contributed by atoms with van der Waals surface area (Å²) in [5.41, 5.74) is 9.06. The van der Waals surface area contributed by atoms with Gasteiger partial charge in [0.1, 0.15) is 11.6 Å². The normalized spacial score (nSPS) is 10.9. The van der Waals surface area contributed by atoms with Crippen LogP contribution in [0.2, 0.25) is 0 Å². The van der Waals surface area contributed by atoms with Crippen LogP contribution < -0.4 is 16.2 Å². The van der Waals surface area contributed by atoms with Crippen molar-refractivity contribution in [1.82, 2.24) is 0 Å². The number of carbonyl (C=O) groups excluding carboxylic acids is 1. The number of nitrogens with zero attached hydrogens (tertiary/aromatic N) is 1. The highest BCUT2D eigenvalue weighted by Gasteiger charge is 2.31. The highest BCUT2D eigenvalue weighted by molar-refractivity contribution is 6.02. The molecule has 5 nitrogen and oxygen atoms in total. The zero-order chi connectivity index (χ0) is 13.9. The van der Waals surface area contributed by atoms with Crippen molar-refractivity contribution >= 4 is 11.9 Å². The van der Waals surface area contributed by atoms with Gasteiger partial charge in [-0.2, -0.15) is 4.99 Å². The third kappa shape index (κ3) is 3.92. The first kappa shape index (κ1) is 13.7. The largest absolute Gasteiger partial charge is 0.573 e. The Hall–Kier alpha value is -2.32. The van der Waals surface area contributed by atoms with Gasteiger partial charge < -0.3 is 16.2 Å². The summed E-state index contributed by atoms with van der Waals surface area (Å²) in [6, 6.07) is 1.91. The number of benzene rings is 1. The van der Waals surface area contributed by atoms with Crippen molar-refractivity contribution in [3.05, 3.63) is 29.6 Å². The van der Waals surface area contributed by atoms with E-state index in [0.29, 0.717) is 12.1 Å². The van der Waals surface area contributed by atoms with E-state index in [2.05, 4.69) is 9.73 Å². The van der Waals surface area contributed by atoms with Crippen LogP contribution in [0.25, 0.3) is 0 Å². The standard InChI is InChI=1S/C9H7F4N3O2/c10-6-2-1-4(18-9(11,12)13)3-5(6)7(17)16-8(14)15/h1-3H,(H4,14,15,16,17). The third-order valence-electron chi connectivity index (χ3n) is 1.63. The number of hydrogen-bond donors (Lipinski definition) is 2. The van der Waals surface area contributed by atoms with Crippen LogP contribution in [0.15, 0.2) is 23.2 Å². The van der Waals surface area contributed by atoms with Gasteiger partial charge in [-0.1, -0.05) is 0 Å². The molecule has 18 heavy (non-hydrogen) atoms. The van der Waals surface area contributed by atoms with Crippen molar-refractivity contribution in [2.45, 2.75) is 6.36 Å². The lowest BCUT2D eigenvalue weighted by molar-refractivity contribution is -0.274. The Morgan fingerprint density at radius 2 is 1.89 bits per heavy atom. The van der Waals surface area contributed by atoms with Crippen LogP contribution in [-0.4, -0.2) is 18.2 Å². The first-order valence-corrected chi connectivity index (χ1v) is 4.38. The lowest BCUT2D eigenvalue weighted by Gasteiger charge is -2.09. The monoisotopic (exact) mass is 265 g/mol. The number of aliphatic imine (C=N–C) groups is 1. The summed E-state index contributed by atoms with van der Waals surface area (Å²) >= 11 is 0. The first-order valence-electron chi connectivity index (χ1n) is 4.38. The van der Waals surface area contributed by atoms with E-state index < -0.39 is 35.4 Å². The minimum Gasteiger partial charge on any atom is -0.406 e. The Bertz CT molecular complexity index is 495. The van der Waals surface area contributed by atoms with Gasteiger partial charge in [-0.3, -0.25) is 4.79 Å². The summed E-state index contributed by atoms with van der Waals surface area (Å²) < 4.78 is 52.5. The molecule has 1 aromatic rings. The molecule has 0 saturated carbocycles. The van der Waals surface area contributed by atoms with Crippen LogP contribution in [-0.2, 0) is 0 Å². The average molecular weight is 265 g/mol. The van der Waals surface area contributed by atoms with Crippen molar-refractivity contribution in [3.8, 4) is 5.75 Å². The molecule has 0 aliphatic rings. The number of guanidine groups is 1. The second-order valence-corrected chi connectivity index (χ2v) is 3.03. The quantitative estimate of drug-likeness (QED) is 0.476. The summed E-state index contributed by atoms with van der Waals surface area (Å²) in [5, 5.41) is 0. The van der Waals surface area contributed by atoms with Crippen molar-refractivity contribution < 1.29 is 27.1 Å². The molecule has 1 amide bonds. The van der Waals surface area contributed by atoms with Gasteiger partial charge in [0.15, 0.2) is 5.96 Å². The highest BCUT2D eigenvalue weighted by Crippen LogP contribution is 2.24. The molecule has 0 fully saturated rings. The average Bonchev–Trinajstić information content (AvgIpc) is 2.17. The van der Waals surface area contributed by atoms with Gasteiger partial charge in [0.05, 0.1) is 5.56 Å². The number of ether oxygens (including phenoxy) is 1. The van der Waals surface area contributed by atoms with Crippen LogP contribution in [0.3, 0.4) is 0 Å². The minimum absolute atomic E-state index is 0.553. The second-order valence-electron chi connectivity index (χ2n) is 3.03. The van der Waals surface area contributed by atoms with Gasteiger partial charge in [0.25, 0.3) is 5.91 Å². The molecule has 0 bridgehead atoms. The minimum atomic E-state index is -4.95. The number of hydrogen-bond acceptors (Lipinski definition) is 2. The van der Waals surface area contributed by atoms with Crippen LogP contribution >= 0.6 is 0 Å². The van der Waals surface area contributed by atoms with Gasteiger partial charge in [-0.25, -0.2) is 4.39 Å². The van der Waals surface area contributed by atoms with Crippen molar-refractivity contribution in [2.24, 2.45) is 16.5 Å². The Kier molecular flexibility index (Phi) is 3.74. The van der Waals surface area contributed by atoms with E-state index in [1.165, 1.54) is 0 Å². The smallest absolute Gasteiger partial charge is 0.406 e. The van der Waals surface area contributed by atoms with Crippen LogP contribution in [0.5, 0.6) is 5.75 Å². The molecule has 1 rings (SSSR count). The molecule has 0 aliphatic heterocycles. The van der Waals surface area contributed by atoms with Crippen molar-refractivity contribution in [3.63, 3.8) is 0 Å². The SMILES string of the molecule is NC(N)=NC(=O)c1cc(OC(F)(F)F)ccc1F. The molecule has 0 saturated heterocycles. The molecule has 1 aromatic carbocycles. The van der Waals surface area contributed by atoms with E-state index in [4.69, 9.17) is 11.5 Å². The molecule has 0 aliphatic carbocycles. The van der Waals surface area contributed by atoms with E-state index in [9.17, 15) is 22.4 Å². The molecule has 4 N–H and O–H groups in total. The molecular formula is C9H7F4N3O2. The Balaban J connectivity index is 3.09. The number of nitrogens with two attached hydrogens (primary N) is 2. The molecule has 0 atom stereocenters. The predicted molar refractivity (Wildman–Crippen MR) is 53.2 cm³/mol. The fraction of sp³-hybridized carbons (Fsp3) is 0.111. The van der Waals surface area contributed by atoms with E-state index >= 15 is 0 Å². The van der Waals surface area contributed by atoms with Gasteiger partial charge in [0, 0.05) is 0 Å². The third-order valence-corrected chi connectivity index (χ3v) is 1.63. The summed E-state index contributed by atoms with van der Waals surface area (Å²) in [7, 11) is 0. The van der Waals surface area contributed by atoms with E-state index in [1.54, 1.807) is 0 Å².